The molecule has 0 unspecified atom stereocenters. The number of carbonyl (C=O) groups excluding carboxylic acids is 1. The average Bonchev–Trinajstić information content (AvgIpc) is 3.34. The van der Waals surface area contributed by atoms with Crippen LogP contribution in [0.5, 0.6) is 11.5 Å². The van der Waals surface area contributed by atoms with Crippen LogP contribution >= 0.6 is 0 Å². The predicted molar refractivity (Wildman–Crippen MR) is 130 cm³/mol. The highest BCUT2D eigenvalue weighted by Gasteiger charge is 2.24. The van der Waals surface area contributed by atoms with Crippen LogP contribution in [0.2, 0.25) is 0 Å². The number of hydrogen-bond acceptors (Lipinski definition) is 4. The largest absolute Gasteiger partial charge is 0.493 e. The van der Waals surface area contributed by atoms with Crippen LogP contribution in [0.15, 0.2) is 54.6 Å². The molecule has 0 fully saturated rings. The van der Waals surface area contributed by atoms with Gasteiger partial charge in [-0.15, -0.1) is 0 Å². The lowest BCUT2D eigenvalue weighted by Crippen LogP contribution is -2.06. The maximum Gasteiger partial charge on any atom is 0.154 e. The van der Waals surface area contributed by atoms with E-state index in [1.54, 1.807) is 0 Å². The van der Waals surface area contributed by atoms with Crippen molar-refractivity contribution in [1.29, 1.82) is 5.26 Å². The Hall–Kier alpha value is -3.58. The zero-order valence-corrected chi connectivity index (χ0v) is 19.1. The highest BCUT2D eigenvalue weighted by molar-refractivity contribution is 5.84. The molecule has 0 radical (unpaired) electrons. The zero-order chi connectivity index (χ0) is 23.0. The molecule has 0 heterocycles. The van der Waals surface area contributed by atoms with Gasteiger partial charge < -0.3 is 9.47 Å². The van der Waals surface area contributed by atoms with Crippen molar-refractivity contribution in [2.24, 2.45) is 0 Å². The van der Waals surface area contributed by atoms with Gasteiger partial charge in [0.05, 0.1) is 18.2 Å². The highest BCUT2D eigenvalue weighted by atomic mass is 16.5. The van der Waals surface area contributed by atoms with E-state index in [-0.39, 0.29) is 0 Å². The molecule has 168 valence electrons. The molecule has 3 aromatic carbocycles. The summed E-state index contributed by atoms with van der Waals surface area (Å²) in [4.78, 5) is 11.9. The summed E-state index contributed by atoms with van der Waals surface area (Å²) in [6.07, 6.45) is 5.80. The zero-order valence-electron chi connectivity index (χ0n) is 19.1. The lowest BCUT2D eigenvalue weighted by atomic mass is 9.97. The molecule has 0 saturated carbocycles. The van der Waals surface area contributed by atoms with Crippen molar-refractivity contribution in [3.8, 4) is 28.7 Å². The van der Waals surface area contributed by atoms with Crippen molar-refractivity contribution in [1.82, 2.24) is 0 Å². The lowest BCUT2D eigenvalue weighted by molar-refractivity contribution is 0.111. The van der Waals surface area contributed by atoms with Gasteiger partial charge in [0.15, 0.2) is 6.29 Å². The Labute approximate surface area is 195 Å². The number of rotatable bonds is 10. The summed E-state index contributed by atoms with van der Waals surface area (Å²) in [5.74, 6) is 1.40. The molecule has 0 spiro atoms. The number of benzene rings is 3. The molecule has 0 bridgehead atoms. The van der Waals surface area contributed by atoms with Gasteiger partial charge in [-0.05, 0) is 72.4 Å². The van der Waals surface area contributed by atoms with Gasteiger partial charge in [-0.3, -0.25) is 4.79 Å². The molecule has 4 heteroatoms. The number of nitriles is 1. The number of aldehydes is 1. The Morgan fingerprint density at radius 2 is 1.79 bits per heavy atom. The first-order valence-electron chi connectivity index (χ1n) is 11.6. The van der Waals surface area contributed by atoms with Crippen molar-refractivity contribution >= 4 is 6.29 Å². The maximum absolute atomic E-state index is 11.9. The van der Waals surface area contributed by atoms with Crippen LogP contribution in [0.25, 0.3) is 11.1 Å². The Balaban J connectivity index is 1.56. The van der Waals surface area contributed by atoms with Gasteiger partial charge in [-0.2, -0.15) is 5.26 Å². The SMILES string of the molecule is Cc1c(COc2cc(OCCCCC#N)c(C=O)c3c2CCC3)cccc1-c1ccccc1. The first-order chi connectivity index (χ1) is 16.2. The number of fused-ring (bicyclic) bond motifs is 1. The first kappa shape index (κ1) is 22.6. The van der Waals surface area contributed by atoms with Crippen LogP contribution in [0.1, 0.15) is 58.3 Å². The van der Waals surface area contributed by atoms with Gasteiger partial charge in [0.1, 0.15) is 18.1 Å². The molecule has 0 aliphatic heterocycles. The van der Waals surface area contributed by atoms with Gasteiger partial charge >= 0.3 is 0 Å². The average molecular weight is 440 g/mol. The van der Waals surface area contributed by atoms with Gasteiger partial charge in [0, 0.05) is 12.5 Å². The normalized spacial score (nSPS) is 12.1. The predicted octanol–water partition coefficient (Wildman–Crippen LogP) is 6.61. The fourth-order valence-corrected chi connectivity index (χ4v) is 4.54. The van der Waals surface area contributed by atoms with Crippen molar-refractivity contribution < 1.29 is 14.3 Å². The molecule has 1 aliphatic rings. The molecule has 1 aliphatic carbocycles. The molecule has 4 rings (SSSR count). The number of ether oxygens (including phenoxy) is 2. The molecule has 0 aromatic heterocycles. The summed E-state index contributed by atoms with van der Waals surface area (Å²) < 4.78 is 12.3. The topological polar surface area (TPSA) is 59.3 Å². The van der Waals surface area contributed by atoms with Gasteiger partial charge in [-0.25, -0.2) is 0 Å². The monoisotopic (exact) mass is 439 g/mol. The minimum Gasteiger partial charge on any atom is -0.493 e. The van der Waals surface area contributed by atoms with Crippen LogP contribution in [0, 0.1) is 18.3 Å². The van der Waals surface area contributed by atoms with Gasteiger partial charge in [0.2, 0.25) is 0 Å². The van der Waals surface area contributed by atoms with Crippen LogP contribution in [-0.4, -0.2) is 12.9 Å². The van der Waals surface area contributed by atoms with Gasteiger partial charge in [0.25, 0.3) is 0 Å². The quantitative estimate of drug-likeness (QED) is 0.263. The summed E-state index contributed by atoms with van der Waals surface area (Å²) in [6.45, 7) is 3.08. The molecule has 0 saturated heterocycles. The van der Waals surface area contributed by atoms with E-state index in [1.807, 2.05) is 12.1 Å². The summed E-state index contributed by atoms with van der Waals surface area (Å²) in [6, 6.07) is 20.7. The minimum atomic E-state index is 0.459. The van der Waals surface area contributed by atoms with E-state index in [0.29, 0.717) is 30.9 Å². The Bertz CT molecular complexity index is 1160. The molecule has 4 nitrogen and oxygen atoms in total. The molecule has 0 N–H and O–H groups in total. The summed E-state index contributed by atoms with van der Waals surface area (Å²) in [5.41, 5.74) is 7.59. The van der Waals surface area contributed by atoms with E-state index in [1.165, 1.54) is 16.7 Å². The van der Waals surface area contributed by atoms with Crippen LogP contribution in [0.3, 0.4) is 0 Å². The second-order valence-electron chi connectivity index (χ2n) is 8.42. The van der Waals surface area contributed by atoms with Gasteiger partial charge in [-0.1, -0.05) is 48.5 Å². The van der Waals surface area contributed by atoms with E-state index in [9.17, 15) is 4.79 Å². The summed E-state index contributed by atoms with van der Waals surface area (Å²) in [7, 11) is 0. The van der Waals surface area contributed by atoms with Crippen molar-refractivity contribution in [3.05, 3.63) is 82.4 Å². The summed E-state index contributed by atoms with van der Waals surface area (Å²) in [5, 5.41) is 8.71. The fraction of sp³-hybridized carbons (Fsp3) is 0.310. The fourth-order valence-electron chi connectivity index (χ4n) is 4.54. The second kappa shape index (κ2) is 10.8. The van der Waals surface area contributed by atoms with E-state index >= 15 is 0 Å². The molecule has 0 amide bonds. The van der Waals surface area contributed by atoms with E-state index in [4.69, 9.17) is 14.7 Å². The highest BCUT2D eigenvalue weighted by Crippen LogP contribution is 2.39. The maximum atomic E-state index is 11.9. The molecular weight excluding hydrogens is 410 g/mol. The van der Waals surface area contributed by atoms with E-state index < -0.39 is 0 Å². The third kappa shape index (κ3) is 5.09. The van der Waals surface area contributed by atoms with Crippen molar-refractivity contribution in [2.45, 2.75) is 52.1 Å². The standard InChI is InChI=1S/C29H29NO3/c1-21-23(12-8-13-24(21)22-10-4-2-5-11-22)20-33-28-18-29(32-17-7-3-6-16-30)27(19-31)25-14-9-15-26(25)28/h2,4-5,8,10-13,18-19H,3,6-7,9,14-15,17,20H2,1H3. The molecule has 3 aromatic rings. The summed E-state index contributed by atoms with van der Waals surface area (Å²) >= 11 is 0. The Kier molecular flexibility index (Phi) is 7.42. The minimum absolute atomic E-state index is 0.459. The van der Waals surface area contributed by atoms with Crippen molar-refractivity contribution in [2.75, 3.05) is 6.61 Å². The third-order valence-electron chi connectivity index (χ3n) is 6.34. The lowest BCUT2D eigenvalue weighted by Gasteiger charge is -2.18. The first-order valence-corrected chi connectivity index (χ1v) is 11.6. The Morgan fingerprint density at radius 1 is 0.970 bits per heavy atom. The van der Waals surface area contributed by atoms with Crippen LogP contribution < -0.4 is 9.47 Å². The van der Waals surface area contributed by atoms with Crippen LogP contribution in [-0.2, 0) is 19.4 Å². The Morgan fingerprint density at radius 3 is 2.58 bits per heavy atom. The van der Waals surface area contributed by atoms with E-state index in [0.717, 1.165) is 60.8 Å². The molecule has 33 heavy (non-hydrogen) atoms. The van der Waals surface area contributed by atoms with Crippen LogP contribution in [0.4, 0.5) is 0 Å². The van der Waals surface area contributed by atoms with Crippen molar-refractivity contribution in [3.63, 3.8) is 0 Å². The smallest absolute Gasteiger partial charge is 0.154 e. The number of hydrogen-bond donors (Lipinski definition) is 0. The second-order valence-corrected chi connectivity index (χ2v) is 8.42. The number of carbonyl (C=O) groups is 1. The van der Waals surface area contributed by atoms with E-state index in [2.05, 4.69) is 55.5 Å². The molecular formula is C29H29NO3. The number of nitrogens with zero attached hydrogens (tertiary/aromatic N) is 1. The number of unbranched alkanes of at least 4 members (excludes halogenated alkanes) is 2. The third-order valence-corrected chi connectivity index (χ3v) is 6.34. The molecule has 0 atom stereocenters.